The van der Waals surface area contributed by atoms with Crippen LogP contribution >= 0.6 is 39.1 Å². The fourth-order valence-electron chi connectivity index (χ4n) is 3.76. The molecule has 1 aliphatic heterocycles. The highest BCUT2D eigenvalue weighted by Gasteiger charge is 2.37. The summed E-state index contributed by atoms with van der Waals surface area (Å²) < 4.78 is 0.470. The van der Waals surface area contributed by atoms with Gasteiger partial charge in [0.05, 0.1) is 9.50 Å². The molecule has 1 aromatic carbocycles. The number of hydrogen-bond donors (Lipinski definition) is 1. The molecular formula is C17H20BrCl2NO2. The Kier molecular flexibility index (Phi) is 5.44. The maximum Gasteiger partial charge on any atom is 0.226 e. The van der Waals surface area contributed by atoms with Gasteiger partial charge in [-0.15, -0.1) is 0 Å². The normalized spacial score (nSPS) is 22.8. The van der Waals surface area contributed by atoms with Gasteiger partial charge in [-0.25, -0.2) is 0 Å². The number of aromatic hydroxyl groups is 1. The van der Waals surface area contributed by atoms with Crippen molar-refractivity contribution in [3.05, 3.63) is 26.1 Å². The van der Waals surface area contributed by atoms with Gasteiger partial charge < -0.3 is 10.0 Å². The Labute approximate surface area is 155 Å². The first-order valence-electron chi connectivity index (χ1n) is 8.15. The second-order valence-electron chi connectivity index (χ2n) is 6.49. The van der Waals surface area contributed by atoms with E-state index in [0.717, 1.165) is 25.8 Å². The van der Waals surface area contributed by atoms with Crippen LogP contribution in [0.4, 0.5) is 0 Å². The van der Waals surface area contributed by atoms with E-state index < -0.39 is 0 Å². The predicted molar refractivity (Wildman–Crippen MR) is 96.2 cm³/mol. The highest BCUT2D eigenvalue weighted by atomic mass is 79.9. The Balaban J connectivity index is 1.74. The van der Waals surface area contributed by atoms with Crippen molar-refractivity contribution in [1.82, 2.24) is 4.90 Å². The zero-order valence-corrected chi connectivity index (χ0v) is 15.9. The molecule has 126 valence electrons. The smallest absolute Gasteiger partial charge is 0.226 e. The van der Waals surface area contributed by atoms with E-state index in [4.69, 9.17) is 23.2 Å². The largest absolute Gasteiger partial charge is 0.505 e. The number of halogens is 3. The van der Waals surface area contributed by atoms with Gasteiger partial charge in [-0.2, -0.15) is 0 Å². The molecule has 2 aliphatic rings. The van der Waals surface area contributed by atoms with Crippen LogP contribution in [0.5, 0.6) is 5.75 Å². The summed E-state index contributed by atoms with van der Waals surface area (Å²) in [6.45, 7) is 0.825. The Morgan fingerprint density at radius 1 is 1.22 bits per heavy atom. The van der Waals surface area contributed by atoms with Crippen molar-refractivity contribution in [1.29, 1.82) is 0 Å². The zero-order valence-electron chi connectivity index (χ0n) is 12.8. The van der Waals surface area contributed by atoms with E-state index in [1.807, 2.05) is 0 Å². The summed E-state index contributed by atoms with van der Waals surface area (Å²) in [6.07, 6.45) is 7.29. The first-order chi connectivity index (χ1) is 11.0. The van der Waals surface area contributed by atoms with Crippen molar-refractivity contribution in [3.8, 4) is 5.75 Å². The Morgan fingerprint density at radius 2 is 1.91 bits per heavy atom. The summed E-state index contributed by atoms with van der Waals surface area (Å²) in [5.74, 6) is 0.111. The summed E-state index contributed by atoms with van der Waals surface area (Å²) in [5.41, 5.74) is 0.665. The van der Waals surface area contributed by atoms with Gasteiger partial charge in [0, 0.05) is 23.5 Å². The summed E-state index contributed by atoms with van der Waals surface area (Å²) in [5, 5.41) is 10.7. The lowest BCUT2D eigenvalue weighted by Crippen LogP contribution is -2.39. The van der Waals surface area contributed by atoms with Gasteiger partial charge >= 0.3 is 0 Å². The van der Waals surface area contributed by atoms with Gasteiger partial charge in [-0.3, -0.25) is 4.79 Å². The minimum Gasteiger partial charge on any atom is -0.505 e. The maximum absolute atomic E-state index is 12.8. The molecule has 0 bridgehead atoms. The van der Waals surface area contributed by atoms with Crippen LogP contribution in [0.15, 0.2) is 10.5 Å². The first-order valence-corrected chi connectivity index (χ1v) is 9.69. The van der Waals surface area contributed by atoms with Gasteiger partial charge in [0.25, 0.3) is 0 Å². The molecule has 0 spiro atoms. The van der Waals surface area contributed by atoms with Gasteiger partial charge in [0.1, 0.15) is 5.75 Å². The van der Waals surface area contributed by atoms with Crippen LogP contribution in [0.1, 0.15) is 44.1 Å². The third kappa shape index (κ3) is 3.49. The number of nitrogens with zero attached hydrogens (tertiary/aromatic N) is 1. The molecule has 1 atom stereocenters. The van der Waals surface area contributed by atoms with Crippen LogP contribution in [0.25, 0.3) is 0 Å². The van der Waals surface area contributed by atoms with E-state index in [2.05, 4.69) is 20.8 Å². The highest BCUT2D eigenvalue weighted by molar-refractivity contribution is 9.10. The second kappa shape index (κ2) is 7.20. The highest BCUT2D eigenvalue weighted by Crippen LogP contribution is 2.41. The average molecular weight is 421 g/mol. The molecule has 1 heterocycles. The second-order valence-corrected chi connectivity index (χ2v) is 8.13. The number of likely N-dealkylation sites (tertiary alicyclic amines) is 1. The van der Waals surface area contributed by atoms with E-state index in [0.29, 0.717) is 27.5 Å². The number of benzene rings is 1. The lowest BCUT2D eigenvalue weighted by atomic mass is 9.94. The molecule has 1 aromatic rings. The maximum atomic E-state index is 12.8. The van der Waals surface area contributed by atoms with E-state index >= 15 is 0 Å². The number of carbonyl (C=O) groups excluding carboxylic acids is 1. The summed E-state index contributed by atoms with van der Waals surface area (Å²) >= 11 is 15.7. The third-order valence-corrected chi connectivity index (χ3v) is 6.41. The number of amides is 1. The molecule has 1 amide bonds. The fraction of sp³-hybridized carbons (Fsp3) is 0.588. The van der Waals surface area contributed by atoms with Crippen molar-refractivity contribution < 1.29 is 9.90 Å². The van der Waals surface area contributed by atoms with Crippen LogP contribution in [0, 0.1) is 5.92 Å². The number of rotatable bonds is 3. The van der Waals surface area contributed by atoms with E-state index in [1.165, 1.54) is 19.3 Å². The minimum atomic E-state index is -0.0903. The van der Waals surface area contributed by atoms with Crippen molar-refractivity contribution >= 4 is 45.0 Å². The molecule has 23 heavy (non-hydrogen) atoms. The Morgan fingerprint density at radius 3 is 2.61 bits per heavy atom. The molecule has 1 N–H and O–H groups in total. The van der Waals surface area contributed by atoms with Crippen LogP contribution < -0.4 is 0 Å². The quantitative estimate of drug-likeness (QED) is 0.731. The number of carbonyl (C=O) groups is 1. The zero-order chi connectivity index (χ0) is 16.6. The minimum absolute atomic E-state index is 0.0133. The van der Waals surface area contributed by atoms with Crippen LogP contribution in [0.2, 0.25) is 10.0 Å². The molecule has 3 rings (SSSR count). The van der Waals surface area contributed by atoms with Crippen LogP contribution in [-0.2, 0) is 11.2 Å². The molecule has 0 radical (unpaired) electrons. The van der Waals surface area contributed by atoms with E-state index in [-0.39, 0.29) is 22.6 Å². The van der Waals surface area contributed by atoms with Crippen molar-refractivity contribution in [2.24, 2.45) is 5.92 Å². The van der Waals surface area contributed by atoms with Crippen molar-refractivity contribution in [3.63, 3.8) is 0 Å². The first kappa shape index (κ1) is 17.4. The molecule has 1 aliphatic carbocycles. The van der Waals surface area contributed by atoms with E-state index in [9.17, 15) is 9.90 Å². The Bertz CT molecular complexity index is 617. The van der Waals surface area contributed by atoms with Crippen LogP contribution in [-0.4, -0.2) is 28.5 Å². The van der Waals surface area contributed by atoms with Gasteiger partial charge in [0.2, 0.25) is 5.91 Å². The van der Waals surface area contributed by atoms with Gasteiger partial charge in [-0.1, -0.05) is 42.5 Å². The monoisotopic (exact) mass is 419 g/mol. The summed E-state index contributed by atoms with van der Waals surface area (Å²) in [7, 11) is 0. The fourth-order valence-corrected chi connectivity index (χ4v) is 5.04. The van der Waals surface area contributed by atoms with Crippen LogP contribution in [0.3, 0.4) is 0 Å². The summed E-state index contributed by atoms with van der Waals surface area (Å²) in [4.78, 5) is 14.8. The molecule has 1 unspecified atom stereocenters. The lowest BCUT2D eigenvalue weighted by Gasteiger charge is -2.31. The standard InChI is InChI=1S/C17H20BrCl2NO2/c18-13-9-14(19)12(15(20)16(13)22)8-10-6-7-21(17(10)23)11-4-2-1-3-5-11/h9-11,22H,1-8H2. The van der Waals surface area contributed by atoms with Crippen molar-refractivity contribution in [2.45, 2.75) is 51.0 Å². The Hall–Kier alpha value is -0.450. The molecular weight excluding hydrogens is 401 g/mol. The molecule has 3 nitrogen and oxygen atoms in total. The van der Waals surface area contributed by atoms with E-state index in [1.54, 1.807) is 6.07 Å². The van der Waals surface area contributed by atoms with Gasteiger partial charge in [-0.05, 0) is 53.2 Å². The third-order valence-electron chi connectivity index (χ3n) is 5.06. The molecule has 1 saturated carbocycles. The SMILES string of the molecule is O=C1C(Cc2c(Cl)cc(Br)c(O)c2Cl)CCN1C1CCCCC1. The van der Waals surface area contributed by atoms with Crippen molar-refractivity contribution in [2.75, 3.05) is 6.54 Å². The van der Waals surface area contributed by atoms with Gasteiger partial charge in [0.15, 0.2) is 0 Å². The molecule has 1 saturated heterocycles. The summed E-state index contributed by atoms with van der Waals surface area (Å²) in [6, 6.07) is 2.04. The molecule has 0 aromatic heterocycles. The topological polar surface area (TPSA) is 40.5 Å². The average Bonchev–Trinajstić information content (AvgIpc) is 2.91. The number of phenolic OH excluding ortho intramolecular Hbond substituents is 1. The number of hydrogen-bond acceptors (Lipinski definition) is 2. The molecule has 2 fully saturated rings. The predicted octanol–water partition coefficient (Wildman–Crippen LogP) is 5.19. The lowest BCUT2D eigenvalue weighted by molar-refractivity contribution is -0.133. The molecule has 6 heteroatoms. The number of phenols is 1.